The number of amides is 1. The first-order valence-corrected chi connectivity index (χ1v) is 9.44. The van der Waals surface area contributed by atoms with E-state index in [0.29, 0.717) is 30.4 Å². The number of morpholine rings is 1. The number of ether oxygens (including phenoxy) is 1. The molecule has 0 aliphatic carbocycles. The van der Waals surface area contributed by atoms with E-state index in [9.17, 15) is 4.79 Å². The lowest BCUT2D eigenvalue weighted by Crippen LogP contribution is -2.36. The minimum atomic E-state index is -0.198. The van der Waals surface area contributed by atoms with Gasteiger partial charge in [0.25, 0.3) is 5.91 Å². The first-order chi connectivity index (χ1) is 14.2. The summed E-state index contributed by atoms with van der Waals surface area (Å²) in [6, 6.07) is 12.8. The maximum absolute atomic E-state index is 12.2. The molecule has 148 valence electrons. The van der Waals surface area contributed by atoms with Gasteiger partial charge in [-0.1, -0.05) is 0 Å². The number of carbonyl (C=O) groups excluding carboxylic acids is 1. The summed E-state index contributed by atoms with van der Waals surface area (Å²) in [4.78, 5) is 27.5. The van der Waals surface area contributed by atoms with Crippen molar-refractivity contribution in [1.29, 1.82) is 0 Å². The maximum Gasteiger partial charge on any atom is 0.257 e. The van der Waals surface area contributed by atoms with Gasteiger partial charge in [0.15, 0.2) is 0 Å². The number of aromatic nitrogens is 3. The lowest BCUT2D eigenvalue weighted by molar-refractivity contribution is 0.102. The van der Waals surface area contributed by atoms with Crippen molar-refractivity contribution in [3.8, 4) is 0 Å². The van der Waals surface area contributed by atoms with Gasteiger partial charge in [-0.3, -0.25) is 9.78 Å². The van der Waals surface area contributed by atoms with Crippen LogP contribution in [0.1, 0.15) is 16.1 Å². The average Bonchev–Trinajstić information content (AvgIpc) is 2.76. The highest BCUT2D eigenvalue weighted by Crippen LogP contribution is 2.21. The van der Waals surface area contributed by atoms with E-state index in [-0.39, 0.29) is 5.91 Å². The molecule has 1 aliphatic heterocycles. The first kappa shape index (κ1) is 18.8. The highest BCUT2D eigenvalue weighted by atomic mass is 16.5. The second-order valence-electron chi connectivity index (χ2n) is 6.69. The van der Waals surface area contributed by atoms with Crippen LogP contribution in [-0.4, -0.2) is 47.2 Å². The summed E-state index contributed by atoms with van der Waals surface area (Å²) in [5.74, 6) is 1.23. The zero-order valence-electron chi connectivity index (χ0n) is 16.1. The molecule has 1 aromatic carbocycles. The Kier molecular flexibility index (Phi) is 5.62. The van der Waals surface area contributed by atoms with E-state index in [1.54, 1.807) is 18.3 Å². The van der Waals surface area contributed by atoms with Gasteiger partial charge in [0.1, 0.15) is 5.82 Å². The Morgan fingerprint density at radius 1 is 1.07 bits per heavy atom. The summed E-state index contributed by atoms with van der Waals surface area (Å²) >= 11 is 0. The molecule has 0 atom stereocenters. The van der Waals surface area contributed by atoms with Crippen LogP contribution >= 0.6 is 0 Å². The van der Waals surface area contributed by atoms with Gasteiger partial charge in [-0.15, -0.1) is 0 Å². The van der Waals surface area contributed by atoms with E-state index in [1.807, 2.05) is 37.3 Å². The van der Waals surface area contributed by atoms with Crippen molar-refractivity contribution < 1.29 is 9.53 Å². The fourth-order valence-corrected chi connectivity index (χ4v) is 3.03. The van der Waals surface area contributed by atoms with E-state index in [4.69, 9.17) is 4.74 Å². The van der Waals surface area contributed by atoms with Crippen LogP contribution in [-0.2, 0) is 4.74 Å². The van der Waals surface area contributed by atoms with E-state index in [1.165, 1.54) is 6.20 Å². The third-order valence-electron chi connectivity index (χ3n) is 4.50. The highest BCUT2D eigenvalue weighted by molar-refractivity contribution is 6.04. The number of hydrogen-bond donors (Lipinski definition) is 2. The number of hydrogen-bond acceptors (Lipinski definition) is 7. The van der Waals surface area contributed by atoms with Crippen molar-refractivity contribution in [2.24, 2.45) is 0 Å². The van der Waals surface area contributed by atoms with Crippen molar-refractivity contribution in [2.75, 3.05) is 41.8 Å². The average molecular weight is 390 g/mol. The molecular formula is C21H22N6O2. The lowest BCUT2D eigenvalue weighted by atomic mass is 10.2. The van der Waals surface area contributed by atoms with Crippen LogP contribution in [0, 0.1) is 6.92 Å². The normalized spacial score (nSPS) is 13.8. The number of pyridine rings is 1. The second kappa shape index (κ2) is 8.66. The number of nitrogens with zero attached hydrogens (tertiary/aromatic N) is 4. The Bertz CT molecular complexity index is 972. The minimum Gasteiger partial charge on any atom is -0.378 e. The number of nitrogens with one attached hydrogen (secondary N) is 2. The summed E-state index contributed by atoms with van der Waals surface area (Å²) in [5.41, 5.74) is 2.94. The Labute approximate surface area is 169 Å². The minimum absolute atomic E-state index is 0.198. The Morgan fingerprint density at radius 2 is 1.83 bits per heavy atom. The molecule has 2 aromatic heterocycles. The zero-order valence-corrected chi connectivity index (χ0v) is 16.1. The van der Waals surface area contributed by atoms with Gasteiger partial charge < -0.3 is 20.3 Å². The van der Waals surface area contributed by atoms with Crippen LogP contribution in [0.3, 0.4) is 0 Å². The molecule has 3 heterocycles. The fourth-order valence-electron chi connectivity index (χ4n) is 3.03. The van der Waals surface area contributed by atoms with Crippen LogP contribution in [0.4, 0.5) is 23.1 Å². The molecule has 0 bridgehead atoms. The number of rotatable bonds is 5. The molecule has 0 unspecified atom stereocenters. The van der Waals surface area contributed by atoms with E-state index in [0.717, 1.165) is 30.3 Å². The molecular weight excluding hydrogens is 368 g/mol. The largest absolute Gasteiger partial charge is 0.378 e. The molecule has 1 saturated heterocycles. The predicted molar refractivity (Wildman–Crippen MR) is 112 cm³/mol. The number of aryl methyl sites for hydroxylation is 1. The Hall–Kier alpha value is -3.52. The topological polar surface area (TPSA) is 92.3 Å². The van der Waals surface area contributed by atoms with Gasteiger partial charge in [-0.25, -0.2) is 4.98 Å². The predicted octanol–water partition coefficient (Wildman–Crippen LogP) is 3.01. The number of anilines is 4. The Balaban J connectivity index is 1.43. The molecule has 8 nitrogen and oxygen atoms in total. The monoisotopic (exact) mass is 390 g/mol. The van der Waals surface area contributed by atoms with Gasteiger partial charge in [0.2, 0.25) is 5.95 Å². The van der Waals surface area contributed by atoms with Gasteiger partial charge in [-0.2, -0.15) is 4.98 Å². The molecule has 0 saturated carbocycles. The zero-order chi connectivity index (χ0) is 20.1. The van der Waals surface area contributed by atoms with E-state index >= 15 is 0 Å². The molecule has 1 fully saturated rings. The molecule has 2 N–H and O–H groups in total. The summed E-state index contributed by atoms with van der Waals surface area (Å²) in [6.45, 7) is 5.01. The summed E-state index contributed by atoms with van der Waals surface area (Å²) < 4.78 is 5.41. The van der Waals surface area contributed by atoms with Gasteiger partial charge in [-0.05, 0) is 43.3 Å². The molecule has 8 heteroatoms. The van der Waals surface area contributed by atoms with Gasteiger partial charge >= 0.3 is 0 Å². The molecule has 1 aliphatic rings. The van der Waals surface area contributed by atoms with Crippen LogP contribution in [0.15, 0.2) is 54.9 Å². The van der Waals surface area contributed by atoms with Crippen molar-refractivity contribution >= 4 is 29.0 Å². The first-order valence-electron chi connectivity index (χ1n) is 9.44. The summed E-state index contributed by atoms with van der Waals surface area (Å²) in [5, 5.41) is 6.09. The number of carbonyl (C=O) groups is 1. The third-order valence-corrected chi connectivity index (χ3v) is 4.50. The van der Waals surface area contributed by atoms with Crippen molar-refractivity contribution in [3.05, 3.63) is 66.1 Å². The number of benzene rings is 1. The SMILES string of the molecule is Cc1cc(N2CCOCC2)nc(Nc2ccc(NC(=O)c3cccnc3)cc2)n1. The lowest BCUT2D eigenvalue weighted by Gasteiger charge is -2.28. The van der Waals surface area contributed by atoms with Gasteiger partial charge in [0.05, 0.1) is 18.8 Å². The molecule has 0 radical (unpaired) electrons. The highest BCUT2D eigenvalue weighted by Gasteiger charge is 2.14. The Morgan fingerprint density at radius 3 is 2.55 bits per heavy atom. The molecule has 1 amide bonds. The fraction of sp³-hybridized carbons (Fsp3) is 0.238. The van der Waals surface area contributed by atoms with Crippen molar-refractivity contribution in [3.63, 3.8) is 0 Å². The standard InChI is InChI=1S/C21H22N6O2/c1-15-13-19(27-9-11-29-12-10-27)26-21(23-15)25-18-6-4-17(5-7-18)24-20(28)16-3-2-8-22-14-16/h2-8,13-14H,9-12H2,1H3,(H,24,28)(H,23,25,26). The smallest absolute Gasteiger partial charge is 0.257 e. The summed E-state index contributed by atoms with van der Waals surface area (Å²) in [6.07, 6.45) is 3.17. The molecule has 4 rings (SSSR count). The van der Waals surface area contributed by atoms with Crippen molar-refractivity contribution in [1.82, 2.24) is 15.0 Å². The van der Waals surface area contributed by atoms with Crippen LogP contribution in [0.5, 0.6) is 0 Å². The quantitative estimate of drug-likeness (QED) is 0.692. The van der Waals surface area contributed by atoms with Gasteiger partial charge in [0, 0.05) is 48.6 Å². The van der Waals surface area contributed by atoms with Crippen molar-refractivity contribution in [2.45, 2.75) is 6.92 Å². The third kappa shape index (κ3) is 4.85. The maximum atomic E-state index is 12.2. The second-order valence-corrected chi connectivity index (χ2v) is 6.69. The molecule has 29 heavy (non-hydrogen) atoms. The van der Waals surface area contributed by atoms with E-state index < -0.39 is 0 Å². The van der Waals surface area contributed by atoms with Crippen LogP contribution in [0.25, 0.3) is 0 Å². The van der Waals surface area contributed by atoms with E-state index in [2.05, 4.69) is 30.5 Å². The molecule has 3 aromatic rings. The van der Waals surface area contributed by atoms with Crippen LogP contribution < -0.4 is 15.5 Å². The van der Waals surface area contributed by atoms with Crippen LogP contribution in [0.2, 0.25) is 0 Å². The molecule has 0 spiro atoms. The summed E-state index contributed by atoms with van der Waals surface area (Å²) in [7, 11) is 0.